The van der Waals surface area contributed by atoms with Crippen molar-refractivity contribution in [3.8, 4) is 0 Å². The van der Waals surface area contributed by atoms with E-state index in [0.29, 0.717) is 29.1 Å². The third-order valence-corrected chi connectivity index (χ3v) is 6.11. The molecule has 0 fully saturated rings. The molecule has 0 saturated heterocycles. The molecular weight excluding hydrogens is 460 g/mol. The van der Waals surface area contributed by atoms with E-state index >= 15 is 0 Å². The fraction of sp³-hybridized carbons (Fsp3) is 0.370. The van der Waals surface area contributed by atoms with Crippen molar-refractivity contribution >= 4 is 29.4 Å². The van der Waals surface area contributed by atoms with Gasteiger partial charge in [-0.3, -0.25) is 4.90 Å². The highest BCUT2D eigenvalue weighted by molar-refractivity contribution is 6.00. The summed E-state index contributed by atoms with van der Waals surface area (Å²) in [6, 6.07) is 11.3. The van der Waals surface area contributed by atoms with Crippen LogP contribution in [0.25, 0.3) is 0 Å². The molecule has 9 heteroatoms. The summed E-state index contributed by atoms with van der Waals surface area (Å²) in [5.74, 6) is -0.526. The zero-order valence-corrected chi connectivity index (χ0v) is 21.4. The number of anilines is 2. The van der Waals surface area contributed by atoms with E-state index in [9.17, 15) is 14.4 Å². The van der Waals surface area contributed by atoms with Gasteiger partial charge in [0.1, 0.15) is 6.61 Å². The van der Waals surface area contributed by atoms with Crippen molar-refractivity contribution in [1.29, 1.82) is 0 Å². The van der Waals surface area contributed by atoms with Crippen molar-refractivity contribution < 1.29 is 23.9 Å². The highest BCUT2D eigenvalue weighted by Crippen LogP contribution is 2.32. The predicted molar refractivity (Wildman–Crippen MR) is 139 cm³/mol. The van der Waals surface area contributed by atoms with Gasteiger partial charge in [0, 0.05) is 30.7 Å². The van der Waals surface area contributed by atoms with Crippen LogP contribution in [-0.4, -0.2) is 49.8 Å². The molecular formula is C27H34N4O5. The molecule has 36 heavy (non-hydrogen) atoms. The molecule has 192 valence electrons. The highest BCUT2D eigenvalue weighted by atomic mass is 16.6. The molecule has 0 bridgehead atoms. The number of benzene rings is 2. The molecule has 3 rings (SSSR count). The Hall–Kier alpha value is -3.85. The largest absolute Gasteiger partial charge is 0.460 e. The van der Waals surface area contributed by atoms with Crippen LogP contribution in [0.5, 0.6) is 0 Å². The SMILES string of the molecule is CCCN1C(=O)NC(c2cccc(NC(=O)Nc3cccc(C)c3C)c2)C(C(=O)OCCOC)=C1C. The smallest absolute Gasteiger partial charge is 0.338 e. The summed E-state index contributed by atoms with van der Waals surface area (Å²) in [7, 11) is 1.53. The number of nitrogens with one attached hydrogen (secondary N) is 3. The summed E-state index contributed by atoms with van der Waals surface area (Å²) in [4.78, 5) is 40.1. The Morgan fingerprint density at radius 1 is 1.06 bits per heavy atom. The maximum Gasteiger partial charge on any atom is 0.338 e. The lowest BCUT2D eigenvalue weighted by molar-refractivity contribution is -0.140. The van der Waals surface area contributed by atoms with Gasteiger partial charge in [0.2, 0.25) is 0 Å². The van der Waals surface area contributed by atoms with Crippen molar-refractivity contribution in [3.63, 3.8) is 0 Å². The lowest BCUT2D eigenvalue weighted by Gasteiger charge is -2.35. The third-order valence-electron chi connectivity index (χ3n) is 6.11. The Morgan fingerprint density at radius 3 is 2.53 bits per heavy atom. The Kier molecular flexibility index (Phi) is 9.08. The number of allylic oxidation sites excluding steroid dienone is 1. The lowest BCUT2D eigenvalue weighted by Crippen LogP contribution is -2.48. The summed E-state index contributed by atoms with van der Waals surface area (Å²) >= 11 is 0. The molecule has 9 nitrogen and oxygen atoms in total. The van der Waals surface area contributed by atoms with E-state index in [1.165, 1.54) is 7.11 Å². The standard InChI is InChI=1S/C27H34N4O5/c1-6-13-31-19(4)23(25(32)36-15-14-35-5)24(30-27(31)34)20-10-8-11-21(16-20)28-26(33)29-22-12-7-9-17(2)18(22)3/h7-12,16,24H,6,13-15H2,1-5H3,(H,30,34)(H2,28,29,33). The summed E-state index contributed by atoms with van der Waals surface area (Å²) in [6.45, 7) is 8.47. The maximum atomic E-state index is 13.1. The Bertz CT molecular complexity index is 1160. The molecule has 0 spiro atoms. The van der Waals surface area contributed by atoms with Crippen LogP contribution in [0.15, 0.2) is 53.7 Å². The number of amides is 4. The molecule has 2 aromatic carbocycles. The summed E-state index contributed by atoms with van der Waals surface area (Å²) in [5, 5.41) is 8.62. The van der Waals surface area contributed by atoms with Gasteiger partial charge in [0.05, 0.1) is 18.2 Å². The Balaban J connectivity index is 1.86. The average molecular weight is 495 g/mol. The van der Waals surface area contributed by atoms with Crippen molar-refractivity contribution in [2.75, 3.05) is 37.5 Å². The van der Waals surface area contributed by atoms with E-state index in [0.717, 1.165) is 23.2 Å². The van der Waals surface area contributed by atoms with E-state index in [1.54, 1.807) is 36.1 Å². The summed E-state index contributed by atoms with van der Waals surface area (Å²) < 4.78 is 10.4. The van der Waals surface area contributed by atoms with E-state index in [2.05, 4.69) is 16.0 Å². The molecule has 0 aromatic heterocycles. The number of carbonyl (C=O) groups excluding carboxylic acids is 3. The second kappa shape index (κ2) is 12.2. The molecule has 1 heterocycles. The van der Waals surface area contributed by atoms with E-state index in [4.69, 9.17) is 9.47 Å². The van der Waals surface area contributed by atoms with Gasteiger partial charge in [-0.05, 0) is 62.1 Å². The second-order valence-corrected chi connectivity index (χ2v) is 8.61. The first-order chi connectivity index (χ1) is 17.3. The number of carbonyl (C=O) groups is 3. The van der Waals surface area contributed by atoms with Gasteiger partial charge in [-0.1, -0.05) is 31.2 Å². The van der Waals surface area contributed by atoms with Gasteiger partial charge in [0.15, 0.2) is 0 Å². The molecule has 2 aromatic rings. The van der Waals surface area contributed by atoms with Crippen molar-refractivity contribution in [2.45, 2.75) is 40.2 Å². The minimum atomic E-state index is -0.732. The van der Waals surface area contributed by atoms with Gasteiger partial charge in [-0.25, -0.2) is 14.4 Å². The Labute approximate surface area is 211 Å². The van der Waals surface area contributed by atoms with E-state index in [-0.39, 0.29) is 19.2 Å². The number of hydrogen-bond donors (Lipinski definition) is 3. The Morgan fingerprint density at radius 2 is 1.81 bits per heavy atom. The minimum Gasteiger partial charge on any atom is -0.460 e. The van der Waals surface area contributed by atoms with Gasteiger partial charge in [0.25, 0.3) is 0 Å². The van der Waals surface area contributed by atoms with Crippen LogP contribution in [0.1, 0.15) is 43.0 Å². The predicted octanol–water partition coefficient (Wildman–Crippen LogP) is 4.89. The monoisotopic (exact) mass is 494 g/mol. The lowest BCUT2D eigenvalue weighted by atomic mass is 9.94. The van der Waals surface area contributed by atoms with E-state index < -0.39 is 18.0 Å². The molecule has 1 atom stereocenters. The van der Waals surface area contributed by atoms with Gasteiger partial charge >= 0.3 is 18.0 Å². The molecule has 0 aliphatic carbocycles. The zero-order valence-electron chi connectivity index (χ0n) is 21.4. The number of esters is 1. The minimum absolute atomic E-state index is 0.0979. The van der Waals surface area contributed by atoms with Crippen molar-refractivity contribution in [3.05, 3.63) is 70.4 Å². The molecule has 4 amide bonds. The molecule has 0 radical (unpaired) electrons. The number of rotatable bonds is 9. The van der Waals surface area contributed by atoms with Crippen LogP contribution >= 0.6 is 0 Å². The topological polar surface area (TPSA) is 109 Å². The van der Waals surface area contributed by atoms with Crippen LogP contribution in [0.2, 0.25) is 0 Å². The summed E-state index contributed by atoms with van der Waals surface area (Å²) in [5.41, 5.74) is 4.83. The fourth-order valence-electron chi connectivity index (χ4n) is 4.05. The van der Waals surface area contributed by atoms with E-state index in [1.807, 2.05) is 39.0 Å². The van der Waals surface area contributed by atoms with Gasteiger partial charge < -0.3 is 25.4 Å². The van der Waals surface area contributed by atoms with Gasteiger partial charge in [-0.2, -0.15) is 0 Å². The number of methoxy groups -OCH3 is 1. The number of nitrogens with zero attached hydrogens (tertiary/aromatic N) is 1. The first-order valence-electron chi connectivity index (χ1n) is 12.0. The van der Waals surface area contributed by atoms with Crippen LogP contribution in [0.3, 0.4) is 0 Å². The molecule has 1 aliphatic rings. The van der Waals surface area contributed by atoms with Crippen LogP contribution < -0.4 is 16.0 Å². The third kappa shape index (κ3) is 6.23. The normalized spacial score (nSPS) is 15.4. The highest BCUT2D eigenvalue weighted by Gasteiger charge is 2.36. The molecule has 3 N–H and O–H groups in total. The number of hydrogen-bond acceptors (Lipinski definition) is 5. The van der Waals surface area contributed by atoms with Crippen molar-refractivity contribution in [1.82, 2.24) is 10.2 Å². The zero-order chi connectivity index (χ0) is 26.2. The fourth-order valence-corrected chi connectivity index (χ4v) is 4.05. The van der Waals surface area contributed by atoms with Crippen LogP contribution in [0, 0.1) is 13.8 Å². The number of ether oxygens (including phenoxy) is 2. The van der Waals surface area contributed by atoms with Crippen LogP contribution in [0.4, 0.5) is 21.0 Å². The average Bonchev–Trinajstić information content (AvgIpc) is 2.84. The molecule has 1 unspecified atom stereocenters. The first kappa shape index (κ1) is 26.7. The molecule has 0 saturated carbocycles. The summed E-state index contributed by atoms with van der Waals surface area (Å²) in [6.07, 6.45) is 0.732. The van der Waals surface area contributed by atoms with Gasteiger partial charge in [-0.15, -0.1) is 0 Å². The second-order valence-electron chi connectivity index (χ2n) is 8.61. The number of aryl methyl sites for hydroxylation is 1. The van der Waals surface area contributed by atoms with Crippen LogP contribution in [-0.2, 0) is 14.3 Å². The number of urea groups is 2. The maximum absolute atomic E-state index is 13.1. The molecule has 1 aliphatic heterocycles. The quantitative estimate of drug-likeness (QED) is 0.340. The van der Waals surface area contributed by atoms with Crippen molar-refractivity contribution in [2.24, 2.45) is 0 Å². The first-order valence-corrected chi connectivity index (χ1v) is 12.0.